The van der Waals surface area contributed by atoms with Crippen molar-refractivity contribution in [3.05, 3.63) is 59.2 Å². The smallest absolute Gasteiger partial charge is 0.255 e. The first kappa shape index (κ1) is 15.3. The Morgan fingerprint density at radius 1 is 1.26 bits per heavy atom. The first-order chi connectivity index (χ1) is 11.1. The van der Waals surface area contributed by atoms with Gasteiger partial charge in [-0.1, -0.05) is 32.0 Å². The van der Waals surface area contributed by atoms with Crippen LogP contribution in [0.3, 0.4) is 0 Å². The van der Waals surface area contributed by atoms with Gasteiger partial charge in [-0.15, -0.1) is 0 Å². The molecule has 2 aromatic carbocycles. The zero-order valence-corrected chi connectivity index (χ0v) is 13.3. The fraction of sp³-hybridized carbons (Fsp3) is 0.263. The van der Waals surface area contributed by atoms with E-state index in [1.54, 1.807) is 18.2 Å². The number of para-hydroxylation sites is 1. The van der Waals surface area contributed by atoms with Crippen molar-refractivity contribution in [1.29, 1.82) is 0 Å². The summed E-state index contributed by atoms with van der Waals surface area (Å²) in [6.45, 7) is 4.28. The molecule has 4 heteroatoms. The molecule has 0 saturated carbocycles. The summed E-state index contributed by atoms with van der Waals surface area (Å²) in [5.74, 6) is 0.205. The molecule has 0 aliphatic carbocycles. The van der Waals surface area contributed by atoms with E-state index in [1.807, 2.05) is 18.2 Å². The topological polar surface area (TPSA) is 58.2 Å². The molecule has 1 heterocycles. The third-order valence-corrected chi connectivity index (χ3v) is 4.34. The fourth-order valence-electron chi connectivity index (χ4n) is 2.83. The second-order valence-electron chi connectivity index (χ2n) is 5.95. The Kier molecular flexibility index (Phi) is 4.15. The molecular formula is C19H20N2O2. The molecule has 2 N–H and O–H groups in total. The summed E-state index contributed by atoms with van der Waals surface area (Å²) in [6.07, 6.45) is 1.35. The second kappa shape index (κ2) is 6.24. The van der Waals surface area contributed by atoms with Crippen molar-refractivity contribution in [2.45, 2.75) is 32.6 Å². The number of fused-ring (bicyclic) bond motifs is 1. The molecule has 4 nitrogen and oxygen atoms in total. The summed E-state index contributed by atoms with van der Waals surface area (Å²) in [5.41, 5.74) is 4.23. The van der Waals surface area contributed by atoms with Gasteiger partial charge in [0.2, 0.25) is 5.91 Å². The number of carbonyl (C=O) groups excluding carboxylic acids is 2. The van der Waals surface area contributed by atoms with Crippen molar-refractivity contribution in [2.75, 3.05) is 10.6 Å². The summed E-state index contributed by atoms with van der Waals surface area (Å²) in [5, 5.41) is 5.77. The molecule has 1 unspecified atom stereocenters. The average Bonchev–Trinajstić information content (AvgIpc) is 2.93. The molecule has 1 atom stereocenters. The maximum absolute atomic E-state index is 12.5. The van der Waals surface area contributed by atoms with Crippen LogP contribution in [0.1, 0.15) is 47.7 Å². The molecule has 1 aliphatic heterocycles. The van der Waals surface area contributed by atoms with E-state index < -0.39 is 0 Å². The van der Waals surface area contributed by atoms with Gasteiger partial charge in [-0.2, -0.15) is 0 Å². The average molecular weight is 308 g/mol. The van der Waals surface area contributed by atoms with Gasteiger partial charge in [-0.05, 0) is 47.7 Å². The normalized spacial score (nSPS) is 14.1. The predicted molar refractivity (Wildman–Crippen MR) is 91.9 cm³/mol. The molecule has 0 aromatic heterocycles. The van der Waals surface area contributed by atoms with Crippen molar-refractivity contribution >= 4 is 23.2 Å². The SMILES string of the molecule is CCC(C)c1ccccc1NC(=O)c1ccc2c(c1)CC(=O)N2. The van der Waals surface area contributed by atoms with E-state index in [0.29, 0.717) is 17.9 Å². The molecule has 0 spiro atoms. The molecule has 2 aromatic rings. The van der Waals surface area contributed by atoms with Gasteiger partial charge < -0.3 is 10.6 Å². The molecule has 0 fully saturated rings. The van der Waals surface area contributed by atoms with E-state index >= 15 is 0 Å². The molecule has 2 amide bonds. The molecule has 0 radical (unpaired) electrons. The highest BCUT2D eigenvalue weighted by Crippen LogP contribution is 2.28. The van der Waals surface area contributed by atoms with E-state index in [2.05, 4.69) is 30.5 Å². The molecule has 0 saturated heterocycles. The Hall–Kier alpha value is -2.62. The molecule has 118 valence electrons. The Labute approximate surface area is 135 Å². The Morgan fingerprint density at radius 3 is 2.83 bits per heavy atom. The number of benzene rings is 2. The zero-order valence-electron chi connectivity index (χ0n) is 13.3. The number of carbonyl (C=O) groups is 2. The third kappa shape index (κ3) is 3.11. The highest BCUT2D eigenvalue weighted by atomic mass is 16.2. The van der Waals surface area contributed by atoms with Crippen LogP contribution in [0.4, 0.5) is 11.4 Å². The van der Waals surface area contributed by atoms with Gasteiger partial charge in [0.05, 0.1) is 6.42 Å². The molecule has 23 heavy (non-hydrogen) atoms. The van der Waals surface area contributed by atoms with Crippen LogP contribution in [0.15, 0.2) is 42.5 Å². The maximum Gasteiger partial charge on any atom is 0.255 e. The van der Waals surface area contributed by atoms with Crippen molar-refractivity contribution in [2.24, 2.45) is 0 Å². The van der Waals surface area contributed by atoms with Gasteiger partial charge >= 0.3 is 0 Å². The second-order valence-corrected chi connectivity index (χ2v) is 5.95. The van der Waals surface area contributed by atoms with Gasteiger partial charge in [0, 0.05) is 16.9 Å². The highest BCUT2D eigenvalue weighted by Gasteiger charge is 2.19. The minimum Gasteiger partial charge on any atom is -0.326 e. The lowest BCUT2D eigenvalue weighted by atomic mass is 9.96. The minimum atomic E-state index is -0.150. The lowest BCUT2D eigenvalue weighted by Gasteiger charge is -2.15. The number of amides is 2. The Balaban J connectivity index is 1.83. The van der Waals surface area contributed by atoms with Crippen molar-refractivity contribution in [3.8, 4) is 0 Å². The summed E-state index contributed by atoms with van der Waals surface area (Å²) in [4.78, 5) is 24.0. The number of hydrogen-bond acceptors (Lipinski definition) is 2. The molecule has 0 bridgehead atoms. The van der Waals surface area contributed by atoms with E-state index in [9.17, 15) is 9.59 Å². The van der Waals surface area contributed by atoms with Gasteiger partial charge in [0.25, 0.3) is 5.91 Å². The number of hydrogen-bond donors (Lipinski definition) is 2. The van der Waals surface area contributed by atoms with Crippen LogP contribution in [-0.4, -0.2) is 11.8 Å². The number of nitrogens with one attached hydrogen (secondary N) is 2. The molecule has 3 rings (SSSR count). The van der Waals surface area contributed by atoms with Gasteiger partial charge in [-0.3, -0.25) is 9.59 Å². The molecular weight excluding hydrogens is 288 g/mol. The minimum absolute atomic E-state index is 0.0281. The van der Waals surface area contributed by atoms with Gasteiger partial charge in [0.15, 0.2) is 0 Å². The molecule has 1 aliphatic rings. The van der Waals surface area contributed by atoms with E-state index in [1.165, 1.54) is 0 Å². The van der Waals surface area contributed by atoms with Gasteiger partial charge in [-0.25, -0.2) is 0 Å². The highest BCUT2D eigenvalue weighted by molar-refractivity contribution is 6.06. The van der Waals surface area contributed by atoms with Crippen LogP contribution < -0.4 is 10.6 Å². The summed E-state index contributed by atoms with van der Waals surface area (Å²) < 4.78 is 0. The van der Waals surface area contributed by atoms with Crippen molar-refractivity contribution < 1.29 is 9.59 Å². The standard InChI is InChI=1S/C19H20N2O2/c1-3-12(2)15-6-4-5-7-17(15)21-19(23)13-8-9-16-14(10-13)11-18(22)20-16/h4-10,12H,3,11H2,1-2H3,(H,20,22)(H,21,23). The van der Waals surface area contributed by atoms with Crippen LogP contribution in [-0.2, 0) is 11.2 Å². The van der Waals surface area contributed by atoms with Crippen molar-refractivity contribution in [3.63, 3.8) is 0 Å². The monoisotopic (exact) mass is 308 g/mol. The van der Waals surface area contributed by atoms with Crippen LogP contribution in [0.25, 0.3) is 0 Å². The Morgan fingerprint density at radius 2 is 2.04 bits per heavy atom. The van der Waals surface area contributed by atoms with Crippen LogP contribution in [0.5, 0.6) is 0 Å². The fourth-order valence-corrected chi connectivity index (χ4v) is 2.83. The number of anilines is 2. The lowest BCUT2D eigenvalue weighted by molar-refractivity contribution is -0.115. The van der Waals surface area contributed by atoms with Crippen LogP contribution in [0, 0.1) is 0 Å². The lowest BCUT2D eigenvalue weighted by Crippen LogP contribution is -2.14. The maximum atomic E-state index is 12.5. The first-order valence-electron chi connectivity index (χ1n) is 7.91. The quantitative estimate of drug-likeness (QED) is 0.898. The summed E-state index contributed by atoms with van der Waals surface area (Å²) in [7, 11) is 0. The zero-order chi connectivity index (χ0) is 16.4. The van der Waals surface area contributed by atoms with E-state index in [0.717, 1.165) is 28.9 Å². The van der Waals surface area contributed by atoms with E-state index in [4.69, 9.17) is 0 Å². The summed E-state index contributed by atoms with van der Waals surface area (Å²) >= 11 is 0. The van der Waals surface area contributed by atoms with E-state index in [-0.39, 0.29) is 11.8 Å². The summed E-state index contributed by atoms with van der Waals surface area (Å²) in [6, 6.07) is 13.2. The van der Waals surface area contributed by atoms with Gasteiger partial charge in [0.1, 0.15) is 0 Å². The Bertz CT molecular complexity index is 768. The number of rotatable bonds is 4. The first-order valence-corrected chi connectivity index (χ1v) is 7.91. The van der Waals surface area contributed by atoms with Crippen LogP contribution >= 0.6 is 0 Å². The van der Waals surface area contributed by atoms with Crippen molar-refractivity contribution in [1.82, 2.24) is 0 Å². The largest absolute Gasteiger partial charge is 0.326 e. The third-order valence-electron chi connectivity index (χ3n) is 4.34. The predicted octanol–water partition coefficient (Wildman–Crippen LogP) is 3.95. The van der Waals surface area contributed by atoms with Crippen LogP contribution in [0.2, 0.25) is 0 Å².